The number of amides is 1. The van der Waals surface area contributed by atoms with Gasteiger partial charge < -0.3 is 4.98 Å². The minimum Gasteiger partial charge on any atom is -0.338 e. The number of H-pyrrole nitrogens is 1. The van der Waals surface area contributed by atoms with Crippen LogP contribution in [0.4, 0.5) is 22.7 Å². The van der Waals surface area contributed by atoms with Gasteiger partial charge in [-0.05, 0) is 24.3 Å². The van der Waals surface area contributed by atoms with Crippen molar-refractivity contribution >= 4 is 33.4 Å². The number of alkyl halides is 3. The van der Waals surface area contributed by atoms with E-state index in [1.165, 1.54) is 23.6 Å². The van der Waals surface area contributed by atoms with E-state index in [0.29, 0.717) is 10.6 Å². The second-order valence-corrected chi connectivity index (χ2v) is 6.63. The van der Waals surface area contributed by atoms with E-state index in [-0.39, 0.29) is 16.9 Å². The lowest BCUT2D eigenvalue weighted by Crippen LogP contribution is -2.12. The molecule has 0 atom stereocenters. The fourth-order valence-corrected chi connectivity index (χ4v) is 3.31. The zero-order valence-corrected chi connectivity index (χ0v) is 14.7. The molecule has 2 N–H and O–H groups in total. The molecule has 0 bridgehead atoms. The maximum atomic E-state index is 14.3. The molecule has 1 amide bonds. The van der Waals surface area contributed by atoms with Crippen molar-refractivity contribution in [3.05, 3.63) is 64.9 Å². The Labute approximate surface area is 159 Å². The van der Waals surface area contributed by atoms with Crippen LogP contribution in [-0.2, 0) is 6.18 Å². The van der Waals surface area contributed by atoms with Gasteiger partial charge in [0.05, 0.1) is 22.2 Å². The van der Waals surface area contributed by atoms with E-state index in [2.05, 4.69) is 20.3 Å². The summed E-state index contributed by atoms with van der Waals surface area (Å²) in [5.74, 6) is -1.90. The third-order valence-electron chi connectivity index (χ3n) is 3.97. The van der Waals surface area contributed by atoms with E-state index in [1.54, 1.807) is 17.5 Å². The molecule has 0 spiro atoms. The molecule has 2 aromatic heterocycles. The van der Waals surface area contributed by atoms with Gasteiger partial charge in [-0.1, -0.05) is 12.1 Å². The molecule has 2 heterocycles. The Bertz CT molecular complexity index is 1170. The Hall–Kier alpha value is -3.27. The number of benzene rings is 2. The molecular formula is C18H10F4N4OS. The topological polar surface area (TPSA) is 70.7 Å². The van der Waals surface area contributed by atoms with Crippen LogP contribution in [0.5, 0.6) is 0 Å². The molecule has 28 heavy (non-hydrogen) atoms. The Morgan fingerprint density at radius 2 is 1.93 bits per heavy atom. The number of carbonyl (C=O) groups excluding carboxylic acids is 1. The van der Waals surface area contributed by atoms with Crippen molar-refractivity contribution in [2.75, 3.05) is 5.32 Å². The molecule has 0 unspecified atom stereocenters. The lowest BCUT2D eigenvalue weighted by atomic mass is 10.1. The van der Waals surface area contributed by atoms with Crippen molar-refractivity contribution in [3.63, 3.8) is 0 Å². The molecule has 10 heteroatoms. The predicted octanol–water partition coefficient (Wildman–Crippen LogP) is 5.10. The first-order valence-electron chi connectivity index (χ1n) is 7.90. The molecule has 142 valence electrons. The number of aromatic nitrogens is 3. The molecule has 0 radical (unpaired) electrons. The summed E-state index contributed by atoms with van der Waals surface area (Å²) < 4.78 is 54.2. The smallest absolute Gasteiger partial charge is 0.338 e. The average Bonchev–Trinajstić information content (AvgIpc) is 3.29. The quantitative estimate of drug-likeness (QED) is 0.465. The van der Waals surface area contributed by atoms with Crippen molar-refractivity contribution in [1.29, 1.82) is 0 Å². The first-order chi connectivity index (χ1) is 13.3. The van der Waals surface area contributed by atoms with E-state index in [9.17, 15) is 22.4 Å². The number of imidazole rings is 1. The molecule has 0 saturated carbocycles. The minimum absolute atomic E-state index is 0.125. The number of halogens is 4. The van der Waals surface area contributed by atoms with Crippen molar-refractivity contribution in [2.45, 2.75) is 6.18 Å². The zero-order valence-electron chi connectivity index (χ0n) is 13.8. The van der Waals surface area contributed by atoms with Crippen molar-refractivity contribution in [3.8, 4) is 11.4 Å². The molecule has 0 fully saturated rings. The number of rotatable bonds is 3. The highest BCUT2D eigenvalue weighted by Gasteiger charge is 2.36. The van der Waals surface area contributed by atoms with E-state index in [1.807, 2.05) is 0 Å². The van der Waals surface area contributed by atoms with Gasteiger partial charge in [0.25, 0.3) is 5.91 Å². The average molecular weight is 406 g/mol. The van der Waals surface area contributed by atoms with E-state index in [0.717, 1.165) is 18.2 Å². The Kier molecular flexibility index (Phi) is 4.34. The summed E-state index contributed by atoms with van der Waals surface area (Å²) >= 11 is 1.21. The van der Waals surface area contributed by atoms with E-state index >= 15 is 0 Å². The number of carbonyl (C=O) groups is 1. The van der Waals surface area contributed by atoms with E-state index in [4.69, 9.17) is 0 Å². The molecule has 4 aromatic rings. The SMILES string of the molecule is O=C(Nc1nccs1)c1cccc2[nH]c(-c3c(F)cccc3C(F)(F)F)nc12. The first kappa shape index (κ1) is 18.1. The monoisotopic (exact) mass is 406 g/mol. The maximum Gasteiger partial charge on any atom is 0.417 e. The lowest BCUT2D eigenvalue weighted by molar-refractivity contribution is -0.137. The van der Waals surface area contributed by atoms with Crippen LogP contribution >= 0.6 is 11.3 Å². The van der Waals surface area contributed by atoms with Crippen LogP contribution in [0.1, 0.15) is 15.9 Å². The number of para-hydroxylation sites is 1. The summed E-state index contributed by atoms with van der Waals surface area (Å²) in [4.78, 5) is 23.2. The summed E-state index contributed by atoms with van der Waals surface area (Å²) in [5.41, 5.74) is -1.29. The molecule has 0 aliphatic carbocycles. The van der Waals surface area contributed by atoms with Crippen LogP contribution in [0, 0.1) is 5.82 Å². The number of nitrogens with one attached hydrogen (secondary N) is 2. The largest absolute Gasteiger partial charge is 0.417 e. The fraction of sp³-hybridized carbons (Fsp3) is 0.0556. The number of hydrogen-bond acceptors (Lipinski definition) is 4. The number of nitrogens with zero attached hydrogens (tertiary/aromatic N) is 2. The highest BCUT2D eigenvalue weighted by molar-refractivity contribution is 7.13. The third-order valence-corrected chi connectivity index (χ3v) is 4.65. The van der Waals surface area contributed by atoms with Crippen LogP contribution in [0.25, 0.3) is 22.4 Å². The molecule has 0 saturated heterocycles. The van der Waals surface area contributed by atoms with Gasteiger partial charge in [-0.25, -0.2) is 14.4 Å². The van der Waals surface area contributed by atoms with E-state index < -0.39 is 29.0 Å². The zero-order chi connectivity index (χ0) is 19.9. The number of thiazole rings is 1. The minimum atomic E-state index is -4.76. The van der Waals surface area contributed by atoms with Crippen LogP contribution in [-0.4, -0.2) is 20.9 Å². The summed E-state index contributed by atoms with van der Waals surface area (Å²) in [7, 11) is 0. The van der Waals surface area contributed by atoms with Gasteiger partial charge in [-0.15, -0.1) is 11.3 Å². The van der Waals surface area contributed by atoms with Crippen LogP contribution in [0.3, 0.4) is 0 Å². The van der Waals surface area contributed by atoms with Gasteiger partial charge in [-0.2, -0.15) is 13.2 Å². The number of aromatic amines is 1. The van der Waals surface area contributed by atoms with Crippen molar-refractivity contribution in [2.24, 2.45) is 0 Å². The van der Waals surface area contributed by atoms with Crippen LogP contribution < -0.4 is 5.32 Å². The standard InChI is InChI=1S/C18H10F4N4OS/c19-11-5-2-4-10(18(20,21)22)13(11)15-24-12-6-1-3-9(14(12)25-15)16(27)26-17-23-7-8-28-17/h1-8H,(H,24,25)(H,23,26,27). The van der Waals surface area contributed by atoms with Crippen molar-refractivity contribution < 1.29 is 22.4 Å². The Morgan fingerprint density at radius 3 is 2.64 bits per heavy atom. The van der Waals surface area contributed by atoms with Gasteiger partial charge in [0.15, 0.2) is 5.13 Å². The number of anilines is 1. The third kappa shape index (κ3) is 3.22. The van der Waals surface area contributed by atoms with Crippen molar-refractivity contribution in [1.82, 2.24) is 15.0 Å². The second kappa shape index (κ2) is 6.71. The molecule has 0 aliphatic heterocycles. The van der Waals surface area contributed by atoms with Gasteiger partial charge in [0.1, 0.15) is 17.2 Å². The molecular weight excluding hydrogens is 396 g/mol. The first-order valence-corrected chi connectivity index (χ1v) is 8.78. The number of fused-ring (bicyclic) bond motifs is 1. The Morgan fingerprint density at radius 1 is 1.14 bits per heavy atom. The summed E-state index contributed by atoms with van der Waals surface area (Å²) in [6.07, 6.45) is -3.24. The summed E-state index contributed by atoms with van der Waals surface area (Å²) in [6.45, 7) is 0. The molecule has 5 nitrogen and oxygen atoms in total. The number of hydrogen-bond donors (Lipinski definition) is 2. The van der Waals surface area contributed by atoms with Crippen LogP contribution in [0.2, 0.25) is 0 Å². The van der Waals surface area contributed by atoms with Gasteiger partial charge in [0.2, 0.25) is 0 Å². The molecule has 2 aromatic carbocycles. The highest BCUT2D eigenvalue weighted by Crippen LogP contribution is 2.38. The normalized spacial score (nSPS) is 11.7. The van der Waals surface area contributed by atoms with Gasteiger partial charge in [-0.3, -0.25) is 10.1 Å². The van der Waals surface area contributed by atoms with Gasteiger partial charge in [0, 0.05) is 11.6 Å². The van der Waals surface area contributed by atoms with Gasteiger partial charge >= 0.3 is 6.18 Å². The summed E-state index contributed by atoms with van der Waals surface area (Å²) in [6, 6.07) is 7.25. The maximum absolute atomic E-state index is 14.3. The fourth-order valence-electron chi connectivity index (χ4n) is 2.78. The molecule has 4 rings (SSSR count). The predicted molar refractivity (Wildman–Crippen MR) is 96.6 cm³/mol. The lowest BCUT2D eigenvalue weighted by Gasteiger charge is -2.11. The second-order valence-electron chi connectivity index (χ2n) is 5.74. The summed E-state index contributed by atoms with van der Waals surface area (Å²) in [5, 5.41) is 4.63. The molecule has 0 aliphatic rings. The Balaban J connectivity index is 1.83. The van der Waals surface area contributed by atoms with Crippen LogP contribution in [0.15, 0.2) is 48.0 Å². The highest BCUT2D eigenvalue weighted by atomic mass is 32.1.